The van der Waals surface area contributed by atoms with E-state index in [2.05, 4.69) is 10.6 Å². The first-order valence-corrected chi connectivity index (χ1v) is 5.97. The molecule has 0 aromatic heterocycles. The molecule has 0 atom stereocenters. The molecule has 5 heteroatoms. The average Bonchev–Trinajstić information content (AvgIpc) is 3.10. The van der Waals surface area contributed by atoms with Crippen molar-refractivity contribution < 1.29 is 13.9 Å². The van der Waals surface area contributed by atoms with Crippen LogP contribution in [0.2, 0.25) is 0 Å². The zero-order valence-corrected chi connectivity index (χ0v) is 10.3. The fraction of sp³-hybridized carbons (Fsp3) is 0.462. The third-order valence-corrected chi connectivity index (χ3v) is 3.07. The molecule has 0 unspecified atom stereocenters. The molecule has 1 aliphatic carbocycles. The number of urea groups is 1. The molecule has 4 nitrogen and oxygen atoms in total. The number of halogens is 1. The van der Waals surface area contributed by atoms with E-state index in [9.17, 15) is 9.18 Å². The standard InChI is InChI=1S/C13H17FN2O2/c1-18-8-7-15-12(17)16-13(5-6-13)10-3-2-4-11(14)9-10/h2-4,9H,5-8H2,1H3,(H2,15,16,17). The second kappa shape index (κ2) is 5.35. The predicted molar refractivity (Wildman–Crippen MR) is 65.7 cm³/mol. The summed E-state index contributed by atoms with van der Waals surface area (Å²) in [6.45, 7) is 0.932. The molecule has 18 heavy (non-hydrogen) atoms. The molecule has 0 radical (unpaired) electrons. The maximum atomic E-state index is 13.2. The zero-order valence-electron chi connectivity index (χ0n) is 10.3. The first-order valence-electron chi connectivity index (χ1n) is 5.97. The van der Waals surface area contributed by atoms with Gasteiger partial charge in [-0.25, -0.2) is 9.18 Å². The highest BCUT2D eigenvalue weighted by Gasteiger charge is 2.45. The molecule has 2 rings (SSSR count). The lowest BCUT2D eigenvalue weighted by molar-refractivity contribution is 0.194. The van der Waals surface area contributed by atoms with Gasteiger partial charge in [-0.1, -0.05) is 12.1 Å². The molecular formula is C13H17FN2O2. The predicted octanol–water partition coefficient (Wildman–Crippen LogP) is 1.76. The summed E-state index contributed by atoms with van der Waals surface area (Å²) in [5, 5.41) is 5.59. The summed E-state index contributed by atoms with van der Waals surface area (Å²) in [7, 11) is 1.58. The minimum atomic E-state index is -0.390. The number of ether oxygens (including phenoxy) is 1. The second-order valence-electron chi connectivity index (χ2n) is 4.47. The molecule has 1 saturated carbocycles. The van der Waals surface area contributed by atoms with Crippen LogP contribution in [0.25, 0.3) is 0 Å². The highest BCUT2D eigenvalue weighted by atomic mass is 19.1. The maximum absolute atomic E-state index is 13.2. The SMILES string of the molecule is COCCNC(=O)NC1(c2cccc(F)c2)CC1. The minimum Gasteiger partial charge on any atom is -0.383 e. The second-order valence-corrected chi connectivity index (χ2v) is 4.47. The van der Waals surface area contributed by atoms with Crippen molar-refractivity contribution >= 4 is 6.03 Å². The van der Waals surface area contributed by atoms with Crippen LogP contribution in [0.3, 0.4) is 0 Å². The molecule has 2 N–H and O–H groups in total. The third-order valence-electron chi connectivity index (χ3n) is 3.07. The van der Waals surface area contributed by atoms with E-state index in [1.54, 1.807) is 13.2 Å². The molecule has 1 fully saturated rings. The molecule has 0 saturated heterocycles. The Kier molecular flexibility index (Phi) is 3.81. The number of carbonyl (C=O) groups excluding carboxylic acids is 1. The van der Waals surface area contributed by atoms with Gasteiger partial charge in [-0.15, -0.1) is 0 Å². The van der Waals surface area contributed by atoms with Crippen LogP contribution >= 0.6 is 0 Å². The number of hydrogen-bond donors (Lipinski definition) is 2. The summed E-state index contributed by atoms with van der Waals surface area (Å²) >= 11 is 0. The molecule has 2 amide bonds. The van der Waals surface area contributed by atoms with Gasteiger partial charge in [-0.05, 0) is 30.5 Å². The molecule has 98 valence electrons. The van der Waals surface area contributed by atoms with Gasteiger partial charge >= 0.3 is 6.03 Å². The van der Waals surface area contributed by atoms with Gasteiger partial charge in [0, 0.05) is 13.7 Å². The lowest BCUT2D eigenvalue weighted by Crippen LogP contribution is -2.43. The Morgan fingerprint density at radius 1 is 1.50 bits per heavy atom. The Balaban J connectivity index is 1.94. The summed E-state index contributed by atoms with van der Waals surface area (Å²) in [5.74, 6) is -0.277. The van der Waals surface area contributed by atoms with Crippen molar-refractivity contribution in [3.63, 3.8) is 0 Å². The number of hydrogen-bond acceptors (Lipinski definition) is 2. The highest BCUT2D eigenvalue weighted by molar-refractivity contribution is 5.75. The van der Waals surface area contributed by atoms with E-state index in [-0.39, 0.29) is 17.4 Å². The van der Waals surface area contributed by atoms with E-state index in [0.717, 1.165) is 18.4 Å². The molecule has 0 spiro atoms. The largest absolute Gasteiger partial charge is 0.383 e. The zero-order chi connectivity index (χ0) is 13.0. The van der Waals surface area contributed by atoms with E-state index >= 15 is 0 Å². The van der Waals surface area contributed by atoms with Crippen LogP contribution < -0.4 is 10.6 Å². The fourth-order valence-corrected chi connectivity index (χ4v) is 1.93. The lowest BCUT2D eigenvalue weighted by Gasteiger charge is -2.18. The number of benzene rings is 1. The van der Waals surface area contributed by atoms with Crippen molar-refractivity contribution in [2.75, 3.05) is 20.3 Å². The smallest absolute Gasteiger partial charge is 0.315 e. The Morgan fingerprint density at radius 3 is 2.89 bits per heavy atom. The highest BCUT2D eigenvalue weighted by Crippen LogP contribution is 2.45. The molecular weight excluding hydrogens is 235 g/mol. The molecule has 1 aliphatic rings. The number of rotatable bonds is 5. The van der Waals surface area contributed by atoms with Crippen LogP contribution in [-0.2, 0) is 10.3 Å². The topological polar surface area (TPSA) is 50.4 Å². The summed E-state index contributed by atoms with van der Waals surface area (Å²) in [6, 6.07) is 6.13. The van der Waals surface area contributed by atoms with Gasteiger partial charge in [0.2, 0.25) is 0 Å². The normalized spacial score (nSPS) is 16.1. The van der Waals surface area contributed by atoms with E-state index in [4.69, 9.17) is 4.74 Å². The Morgan fingerprint density at radius 2 is 2.28 bits per heavy atom. The van der Waals surface area contributed by atoms with Crippen LogP contribution in [0.15, 0.2) is 24.3 Å². The third kappa shape index (κ3) is 2.98. The van der Waals surface area contributed by atoms with Crippen molar-refractivity contribution in [3.05, 3.63) is 35.6 Å². The van der Waals surface area contributed by atoms with Crippen molar-refractivity contribution in [3.8, 4) is 0 Å². The van der Waals surface area contributed by atoms with Gasteiger partial charge in [0.15, 0.2) is 0 Å². The molecule has 1 aromatic carbocycles. The van der Waals surface area contributed by atoms with Gasteiger partial charge in [0.1, 0.15) is 5.82 Å². The maximum Gasteiger partial charge on any atom is 0.315 e. The first kappa shape index (κ1) is 12.8. The van der Waals surface area contributed by atoms with Crippen LogP contribution in [0, 0.1) is 5.82 Å². The summed E-state index contributed by atoms with van der Waals surface area (Å²) < 4.78 is 18.0. The van der Waals surface area contributed by atoms with Crippen molar-refractivity contribution in [2.24, 2.45) is 0 Å². The Labute approximate surface area is 106 Å². The van der Waals surface area contributed by atoms with E-state index < -0.39 is 0 Å². The summed E-state index contributed by atoms with van der Waals surface area (Å²) in [5.41, 5.74) is 0.434. The molecule has 1 aromatic rings. The van der Waals surface area contributed by atoms with Crippen molar-refractivity contribution in [1.82, 2.24) is 10.6 Å². The van der Waals surface area contributed by atoms with E-state index in [0.29, 0.717) is 13.2 Å². The number of carbonyl (C=O) groups is 1. The van der Waals surface area contributed by atoms with Gasteiger partial charge in [-0.2, -0.15) is 0 Å². The Bertz CT molecular complexity index is 433. The molecule has 0 heterocycles. The first-order chi connectivity index (χ1) is 8.66. The average molecular weight is 252 g/mol. The van der Waals surface area contributed by atoms with Crippen LogP contribution in [-0.4, -0.2) is 26.3 Å². The summed E-state index contributed by atoms with van der Waals surface area (Å²) in [4.78, 5) is 11.7. The molecule has 0 bridgehead atoms. The van der Waals surface area contributed by atoms with Gasteiger partial charge in [0.05, 0.1) is 12.1 Å². The van der Waals surface area contributed by atoms with Crippen molar-refractivity contribution in [1.29, 1.82) is 0 Å². The van der Waals surface area contributed by atoms with Gasteiger partial charge < -0.3 is 15.4 Å². The number of methoxy groups -OCH3 is 1. The quantitative estimate of drug-likeness (QED) is 0.784. The lowest BCUT2D eigenvalue weighted by atomic mass is 10.1. The van der Waals surface area contributed by atoms with Gasteiger partial charge in [0.25, 0.3) is 0 Å². The van der Waals surface area contributed by atoms with Crippen LogP contribution in [0.1, 0.15) is 18.4 Å². The summed E-state index contributed by atoms with van der Waals surface area (Å²) in [6.07, 6.45) is 1.68. The van der Waals surface area contributed by atoms with Crippen LogP contribution in [0.5, 0.6) is 0 Å². The molecule has 0 aliphatic heterocycles. The number of nitrogens with one attached hydrogen (secondary N) is 2. The van der Waals surface area contributed by atoms with E-state index in [1.807, 2.05) is 6.07 Å². The van der Waals surface area contributed by atoms with Crippen molar-refractivity contribution in [2.45, 2.75) is 18.4 Å². The van der Waals surface area contributed by atoms with Crippen LogP contribution in [0.4, 0.5) is 9.18 Å². The fourth-order valence-electron chi connectivity index (χ4n) is 1.93. The van der Waals surface area contributed by atoms with E-state index in [1.165, 1.54) is 12.1 Å². The Hall–Kier alpha value is -1.62. The monoisotopic (exact) mass is 252 g/mol. The van der Waals surface area contributed by atoms with Gasteiger partial charge in [-0.3, -0.25) is 0 Å². The minimum absolute atomic E-state index is 0.242. The number of amides is 2.